The van der Waals surface area contributed by atoms with E-state index < -0.39 is 0 Å². The molecule has 1 aliphatic heterocycles. The lowest BCUT2D eigenvalue weighted by molar-refractivity contribution is -0.120. The topological polar surface area (TPSA) is 41.1 Å². The number of carbonyl (C=O) groups is 1. The molecule has 1 unspecified atom stereocenters. The van der Waals surface area contributed by atoms with Gasteiger partial charge in [0.2, 0.25) is 5.91 Å². The Balaban J connectivity index is 1.66. The average Bonchev–Trinajstić information content (AvgIpc) is 2.49. The number of nitrogens with one attached hydrogen (secondary N) is 2. The molecule has 1 fully saturated rings. The Morgan fingerprint density at radius 2 is 2.05 bits per heavy atom. The van der Waals surface area contributed by atoms with Gasteiger partial charge in [0, 0.05) is 6.54 Å². The fourth-order valence-electron chi connectivity index (χ4n) is 2.73. The summed E-state index contributed by atoms with van der Waals surface area (Å²) in [5, 5.41) is 6.45. The molecule has 2 rings (SSSR count). The predicted molar refractivity (Wildman–Crippen MR) is 82.7 cm³/mol. The van der Waals surface area contributed by atoms with Gasteiger partial charge in [-0.25, -0.2) is 0 Å². The average molecular weight is 274 g/mol. The zero-order valence-electron chi connectivity index (χ0n) is 12.5. The second-order valence-electron chi connectivity index (χ2n) is 5.70. The molecule has 0 aromatic heterocycles. The van der Waals surface area contributed by atoms with Crippen molar-refractivity contribution in [2.24, 2.45) is 5.92 Å². The smallest absolute Gasteiger partial charge is 0.224 e. The van der Waals surface area contributed by atoms with Crippen LogP contribution in [0.4, 0.5) is 0 Å². The largest absolute Gasteiger partial charge is 0.356 e. The molecule has 1 aliphatic rings. The second-order valence-corrected chi connectivity index (χ2v) is 5.70. The Bertz CT molecular complexity index is 408. The lowest BCUT2D eigenvalue weighted by atomic mass is 9.96. The number of benzene rings is 1. The lowest BCUT2D eigenvalue weighted by Gasteiger charge is -2.22. The molecule has 1 amide bonds. The van der Waals surface area contributed by atoms with Crippen molar-refractivity contribution < 1.29 is 4.79 Å². The van der Waals surface area contributed by atoms with Crippen molar-refractivity contribution in [1.82, 2.24) is 10.6 Å². The van der Waals surface area contributed by atoms with Gasteiger partial charge < -0.3 is 10.6 Å². The zero-order chi connectivity index (χ0) is 14.2. The number of carbonyl (C=O) groups excluding carboxylic acids is 1. The molecular formula is C17H26N2O. The van der Waals surface area contributed by atoms with Gasteiger partial charge in [-0.3, -0.25) is 4.79 Å². The van der Waals surface area contributed by atoms with Gasteiger partial charge in [-0.15, -0.1) is 0 Å². The minimum absolute atomic E-state index is 0.137. The molecule has 3 heteroatoms. The van der Waals surface area contributed by atoms with Crippen LogP contribution in [0, 0.1) is 5.92 Å². The molecule has 1 saturated heterocycles. The monoisotopic (exact) mass is 274 g/mol. The van der Waals surface area contributed by atoms with E-state index in [0.29, 0.717) is 6.42 Å². The van der Waals surface area contributed by atoms with E-state index in [0.717, 1.165) is 44.0 Å². The van der Waals surface area contributed by atoms with Gasteiger partial charge in [0.25, 0.3) is 0 Å². The van der Waals surface area contributed by atoms with E-state index in [1.165, 1.54) is 18.4 Å². The SMILES string of the molecule is CCc1ccc(CC(=O)NCCC2CCCNC2)cc1. The molecule has 0 bridgehead atoms. The van der Waals surface area contributed by atoms with E-state index in [9.17, 15) is 4.79 Å². The van der Waals surface area contributed by atoms with Crippen molar-refractivity contribution >= 4 is 5.91 Å². The van der Waals surface area contributed by atoms with Gasteiger partial charge >= 0.3 is 0 Å². The van der Waals surface area contributed by atoms with Crippen molar-refractivity contribution in [3.63, 3.8) is 0 Å². The molecule has 0 radical (unpaired) electrons. The summed E-state index contributed by atoms with van der Waals surface area (Å²) in [7, 11) is 0. The van der Waals surface area contributed by atoms with Crippen LogP contribution in [0.2, 0.25) is 0 Å². The molecule has 1 aromatic carbocycles. The van der Waals surface area contributed by atoms with Gasteiger partial charge in [-0.1, -0.05) is 31.2 Å². The van der Waals surface area contributed by atoms with Crippen LogP contribution >= 0.6 is 0 Å². The van der Waals surface area contributed by atoms with Crippen LogP contribution in [0.25, 0.3) is 0 Å². The normalized spacial score (nSPS) is 18.8. The van der Waals surface area contributed by atoms with E-state index in [1.807, 2.05) is 0 Å². The summed E-state index contributed by atoms with van der Waals surface area (Å²) < 4.78 is 0. The molecule has 1 atom stereocenters. The highest BCUT2D eigenvalue weighted by atomic mass is 16.1. The first kappa shape index (κ1) is 15.0. The summed E-state index contributed by atoms with van der Waals surface area (Å²) in [6, 6.07) is 8.33. The number of hydrogen-bond acceptors (Lipinski definition) is 2. The number of hydrogen-bond donors (Lipinski definition) is 2. The molecule has 20 heavy (non-hydrogen) atoms. The van der Waals surface area contributed by atoms with E-state index in [4.69, 9.17) is 0 Å². The van der Waals surface area contributed by atoms with Crippen LogP contribution in [0.3, 0.4) is 0 Å². The van der Waals surface area contributed by atoms with Crippen molar-refractivity contribution in [3.05, 3.63) is 35.4 Å². The van der Waals surface area contributed by atoms with E-state index in [-0.39, 0.29) is 5.91 Å². The molecule has 110 valence electrons. The maximum Gasteiger partial charge on any atom is 0.224 e. The van der Waals surface area contributed by atoms with Crippen LogP contribution in [0.1, 0.15) is 37.3 Å². The van der Waals surface area contributed by atoms with Crippen LogP contribution in [0.5, 0.6) is 0 Å². The molecule has 3 nitrogen and oxygen atoms in total. The van der Waals surface area contributed by atoms with Crippen LogP contribution in [0.15, 0.2) is 24.3 Å². The number of aryl methyl sites for hydroxylation is 1. The summed E-state index contributed by atoms with van der Waals surface area (Å²) in [5.41, 5.74) is 2.41. The Hall–Kier alpha value is -1.35. The molecule has 0 spiro atoms. The van der Waals surface area contributed by atoms with Gasteiger partial charge in [0.05, 0.1) is 6.42 Å². The summed E-state index contributed by atoms with van der Waals surface area (Å²) in [5.74, 6) is 0.867. The molecular weight excluding hydrogens is 248 g/mol. The van der Waals surface area contributed by atoms with Crippen molar-refractivity contribution in [3.8, 4) is 0 Å². The van der Waals surface area contributed by atoms with Crippen LogP contribution < -0.4 is 10.6 Å². The van der Waals surface area contributed by atoms with Gasteiger partial charge in [-0.2, -0.15) is 0 Å². The fourth-order valence-corrected chi connectivity index (χ4v) is 2.73. The summed E-state index contributed by atoms with van der Waals surface area (Å²) in [6.45, 7) is 5.20. The highest BCUT2D eigenvalue weighted by Crippen LogP contribution is 2.13. The first-order valence-corrected chi connectivity index (χ1v) is 7.83. The predicted octanol–water partition coefficient (Wildman–Crippen LogP) is 2.30. The van der Waals surface area contributed by atoms with Crippen molar-refractivity contribution in [1.29, 1.82) is 0 Å². The standard InChI is InChI=1S/C17H26N2O/c1-2-14-5-7-15(8-6-14)12-17(20)19-11-9-16-4-3-10-18-13-16/h5-8,16,18H,2-4,9-13H2,1H3,(H,19,20). The summed E-state index contributed by atoms with van der Waals surface area (Å²) in [6.07, 6.45) is 5.19. The van der Waals surface area contributed by atoms with Crippen molar-refractivity contribution in [2.45, 2.75) is 39.0 Å². The maximum atomic E-state index is 11.9. The van der Waals surface area contributed by atoms with Gasteiger partial charge in [0.1, 0.15) is 0 Å². The first-order chi connectivity index (χ1) is 9.78. The van der Waals surface area contributed by atoms with E-state index in [2.05, 4.69) is 41.8 Å². The minimum Gasteiger partial charge on any atom is -0.356 e. The Morgan fingerprint density at radius 1 is 1.30 bits per heavy atom. The van der Waals surface area contributed by atoms with Crippen LogP contribution in [-0.4, -0.2) is 25.5 Å². The molecule has 0 aliphatic carbocycles. The highest BCUT2D eigenvalue weighted by Gasteiger charge is 2.12. The third-order valence-corrected chi connectivity index (χ3v) is 4.07. The third-order valence-electron chi connectivity index (χ3n) is 4.07. The second kappa shape index (κ2) is 8.05. The zero-order valence-corrected chi connectivity index (χ0v) is 12.5. The Morgan fingerprint density at radius 3 is 2.70 bits per heavy atom. The van der Waals surface area contributed by atoms with Gasteiger partial charge in [0.15, 0.2) is 0 Å². The quantitative estimate of drug-likeness (QED) is 0.835. The minimum atomic E-state index is 0.137. The highest BCUT2D eigenvalue weighted by molar-refractivity contribution is 5.78. The fraction of sp³-hybridized carbons (Fsp3) is 0.588. The summed E-state index contributed by atoms with van der Waals surface area (Å²) in [4.78, 5) is 11.9. The van der Waals surface area contributed by atoms with E-state index in [1.54, 1.807) is 0 Å². The van der Waals surface area contributed by atoms with E-state index >= 15 is 0 Å². The number of piperidine rings is 1. The summed E-state index contributed by atoms with van der Waals surface area (Å²) >= 11 is 0. The molecule has 1 heterocycles. The van der Waals surface area contributed by atoms with Crippen molar-refractivity contribution in [2.75, 3.05) is 19.6 Å². The maximum absolute atomic E-state index is 11.9. The first-order valence-electron chi connectivity index (χ1n) is 7.83. The van der Waals surface area contributed by atoms with Crippen LogP contribution in [-0.2, 0) is 17.6 Å². The number of rotatable bonds is 6. The Labute approximate surface area is 122 Å². The molecule has 1 aromatic rings. The molecule has 2 N–H and O–H groups in total. The Kier molecular flexibility index (Phi) is 6.06. The van der Waals surface area contributed by atoms with Gasteiger partial charge in [-0.05, 0) is 55.8 Å². The molecule has 0 saturated carbocycles. The lowest BCUT2D eigenvalue weighted by Crippen LogP contribution is -2.33. The number of amides is 1. The third kappa shape index (κ3) is 4.97.